The summed E-state index contributed by atoms with van der Waals surface area (Å²) in [5.41, 5.74) is 1.96. The van der Waals surface area contributed by atoms with Gasteiger partial charge in [-0.1, -0.05) is 18.2 Å². The second kappa shape index (κ2) is 7.69. The number of para-hydroxylation sites is 1. The van der Waals surface area contributed by atoms with Gasteiger partial charge in [0.1, 0.15) is 0 Å². The van der Waals surface area contributed by atoms with Crippen molar-refractivity contribution in [2.24, 2.45) is 11.8 Å². The topological polar surface area (TPSA) is 61.4 Å². The Morgan fingerprint density at radius 3 is 2.50 bits per heavy atom. The number of hydrogen-bond donors (Lipinski definition) is 2. The van der Waals surface area contributed by atoms with Crippen molar-refractivity contribution in [3.05, 3.63) is 29.8 Å². The van der Waals surface area contributed by atoms with Gasteiger partial charge in [-0.3, -0.25) is 4.79 Å². The third-order valence-electron chi connectivity index (χ3n) is 5.09. The molecule has 2 fully saturated rings. The molecule has 1 aliphatic carbocycles. The third-order valence-corrected chi connectivity index (χ3v) is 5.09. The fourth-order valence-corrected chi connectivity index (χ4v) is 3.22. The monoisotopic (exact) mass is 329 g/mol. The molecule has 0 atom stereocenters. The predicted molar refractivity (Wildman–Crippen MR) is 94.8 cm³/mol. The van der Waals surface area contributed by atoms with Gasteiger partial charge in [0.05, 0.1) is 0 Å². The Kier molecular flexibility index (Phi) is 5.38. The molecule has 0 bridgehead atoms. The van der Waals surface area contributed by atoms with E-state index in [0.29, 0.717) is 5.92 Å². The van der Waals surface area contributed by atoms with Gasteiger partial charge >= 0.3 is 6.03 Å². The number of amides is 3. The van der Waals surface area contributed by atoms with Crippen molar-refractivity contribution in [3.8, 4) is 0 Å². The second-order valence-corrected chi connectivity index (χ2v) is 7.03. The fraction of sp³-hybridized carbons (Fsp3) is 0.579. The van der Waals surface area contributed by atoms with Crippen molar-refractivity contribution >= 4 is 17.6 Å². The molecule has 0 aromatic heterocycles. The number of anilines is 1. The molecule has 0 unspecified atom stereocenters. The van der Waals surface area contributed by atoms with Crippen LogP contribution in [-0.2, 0) is 4.79 Å². The summed E-state index contributed by atoms with van der Waals surface area (Å²) in [6.07, 6.45) is 5.16. The SMILES string of the molecule is Cc1ccccc1NC(=O)N1CCC(CCNC(=O)C2CC2)CC1. The van der Waals surface area contributed by atoms with Crippen molar-refractivity contribution in [1.82, 2.24) is 10.2 Å². The van der Waals surface area contributed by atoms with Crippen LogP contribution in [0.2, 0.25) is 0 Å². The minimum Gasteiger partial charge on any atom is -0.356 e. The maximum absolute atomic E-state index is 12.4. The van der Waals surface area contributed by atoms with Gasteiger partial charge in [0.2, 0.25) is 5.91 Å². The number of rotatable bonds is 5. The number of hydrogen-bond acceptors (Lipinski definition) is 2. The van der Waals surface area contributed by atoms with Crippen molar-refractivity contribution in [2.75, 3.05) is 25.0 Å². The molecule has 2 N–H and O–H groups in total. The van der Waals surface area contributed by atoms with Crippen LogP contribution < -0.4 is 10.6 Å². The van der Waals surface area contributed by atoms with E-state index in [4.69, 9.17) is 0 Å². The highest BCUT2D eigenvalue weighted by Gasteiger charge is 2.29. The van der Waals surface area contributed by atoms with Crippen LogP contribution in [0.5, 0.6) is 0 Å². The number of carbonyl (C=O) groups is 2. The Bertz CT molecular complexity index is 590. The van der Waals surface area contributed by atoms with E-state index < -0.39 is 0 Å². The largest absolute Gasteiger partial charge is 0.356 e. The van der Waals surface area contributed by atoms with Gasteiger partial charge in [0.15, 0.2) is 0 Å². The van der Waals surface area contributed by atoms with Crippen molar-refractivity contribution < 1.29 is 9.59 Å². The first-order valence-corrected chi connectivity index (χ1v) is 9.03. The van der Waals surface area contributed by atoms with Crippen LogP contribution in [0.3, 0.4) is 0 Å². The minimum absolute atomic E-state index is 0.00946. The van der Waals surface area contributed by atoms with Gasteiger partial charge in [-0.25, -0.2) is 4.79 Å². The lowest BCUT2D eigenvalue weighted by Crippen LogP contribution is -2.41. The standard InChI is InChI=1S/C19H27N3O2/c1-14-4-2-3-5-17(14)21-19(24)22-12-9-15(10-13-22)8-11-20-18(23)16-6-7-16/h2-5,15-16H,6-13H2,1H3,(H,20,23)(H,21,24). The highest BCUT2D eigenvalue weighted by molar-refractivity contribution is 5.90. The molecule has 2 aliphatic rings. The van der Waals surface area contributed by atoms with E-state index in [1.54, 1.807) is 0 Å². The number of benzene rings is 1. The summed E-state index contributed by atoms with van der Waals surface area (Å²) in [6.45, 7) is 4.35. The molecule has 3 rings (SSSR count). The molecular weight excluding hydrogens is 302 g/mol. The molecule has 0 spiro atoms. The summed E-state index contributed by atoms with van der Waals surface area (Å²) in [7, 11) is 0. The molecule has 1 aliphatic heterocycles. The molecule has 3 amide bonds. The molecule has 5 nitrogen and oxygen atoms in total. The molecule has 130 valence electrons. The Morgan fingerprint density at radius 1 is 1.12 bits per heavy atom. The van der Waals surface area contributed by atoms with E-state index in [-0.39, 0.29) is 17.9 Å². The predicted octanol–water partition coefficient (Wildman–Crippen LogP) is 3.16. The van der Waals surface area contributed by atoms with Gasteiger partial charge in [0.25, 0.3) is 0 Å². The maximum Gasteiger partial charge on any atom is 0.321 e. The molecule has 1 heterocycles. The van der Waals surface area contributed by atoms with E-state index in [0.717, 1.165) is 63.0 Å². The Hall–Kier alpha value is -2.04. The summed E-state index contributed by atoms with van der Waals surface area (Å²) in [6, 6.07) is 7.83. The van der Waals surface area contributed by atoms with E-state index in [1.807, 2.05) is 36.1 Å². The summed E-state index contributed by atoms with van der Waals surface area (Å²) in [5, 5.41) is 6.04. The van der Waals surface area contributed by atoms with Crippen LogP contribution in [0.25, 0.3) is 0 Å². The number of piperidine rings is 1. The maximum atomic E-state index is 12.4. The Labute approximate surface area is 143 Å². The van der Waals surface area contributed by atoms with Gasteiger partial charge in [-0.05, 0) is 56.6 Å². The van der Waals surface area contributed by atoms with Crippen LogP contribution in [-0.4, -0.2) is 36.5 Å². The summed E-state index contributed by atoms with van der Waals surface area (Å²) < 4.78 is 0. The lowest BCUT2D eigenvalue weighted by molar-refractivity contribution is -0.122. The van der Waals surface area contributed by atoms with E-state index in [9.17, 15) is 9.59 Å². The number of urea groups is 1. The number of carbonyl (C=O) groups excluding carboxylic acids is 2. The highest BCUT2D eigenvalue weighted by atomic mass is 16.2. The number of nitrogens with zero attached hydrogens (tertiary/aromatic N) is 1. The highest BCUT2D eigenvalue weighted by Crippen LogP contribution is 2.29. The smallest absolute Gasteiger partial charge is 0.321 e. The van der Waals surface area contributed by atoms with Gasteiger partial charge in [-0.15, -0.1) is 0 Å². The zero-order chi connectivity index (χ0) is 16.9. The molecule has 0 radical (unpaired) electrons. The molecular formula is C19H27N3O2. The van der Waals surface area contributed by atoms with Crippen LogP contribution in [0.4, 0.5) is 10.5 Å². The van der Waals surface area contributed by atoms with E-state index in [1.165, 1.54) is 0 Å². The first-order valence-electron chi connectivity index (χ1n) is 9.03. The van der Waals surface area contributed by atoms with Gasteiger partial charge in [0, 0.05) is 31.2 Å². The molecule has 24 heavy (non-hydrogen) atoms. The van der Waals surface area contributed by atoms with Gasteiger partial charge in [-0.2, -0.15) is 0 Å². The minimum atomic E-state index is -0.00946. The van der Waals surface area contributed by atoms with Gasteiger partial charge < -0.3 is 15.5 Å². The summed E-state index contributed by atoms with van der Waals surface area (Å²) in [5.74, 6) is 1.12. The first-order chi connectivity index (χ1) is 11.6. The lowest BCUT2D eigenvalue weighted by Gasteiger charge is -2.32. The normalized spacial score (nSPS) is 18.3. The average molecular weight is 329 g/mol. The van der Waals surface area contributed by atoms with Crippen LogP contribution in [0.15, 0.2) is 24.3 Å². The average Bonchev–Trinajstić information content (AvgIpc) is 3.42. The number of nitrogens with one attached hydrogen (secondary N) is 2. The summed E-state index contributed by atoms with van der Waals surface area (Å²) in [4.78, 5) is 25.9. The Balaban J connectivity index is 1.37. The zero-order valence-corrected chi connectivity index (χ0v) is 14.4. The first kappa shape index (κ1) is 16.8. The van der Waals surface area contributed by atoms with Crippen LogP contribution in [0, 0.1) is 18.8 Å². The van der Waals surface area contributed by atoms with Crippen molar-refractivity contribution in [1.29, 1.82) is 0 Å². The molecule has 1 aromatic rings. The quantitative estimate of drug-likeness (QED) is 0.872. The fourth-order valence-electron chi connectivity index (χ4n) is 3.22. The molecule has 5 heteroatoms. The Morgan fingerprint density at radius 2 is 1.83 bits per heavy atom. The van der Waals surface area contributed by atoms with E-state index in [2.05, 4.69) is 10.6 Å². The lowest BCUT2D eigenvalue weighted by atomic mass is 9.93. The second-order valence-electron chi connectivity index (χ2n) is 7.03. The molecule has 1 saturated heterocycles. The molecule has 1 saturated carbocycles. The van der Waals surface area contributed by atoms with Crippen molar-refractivity contribution in [3.63, 3.8) is 0 Å². The summed E-state index contributed by atoms with van der Waals surface area (Å²) >= 11 is 0. The van der Waals surface area contributed by atoms with E-state index >= 15 is 0 Å². The molecule has 1 aromatic carbocycles. The number of aryl methyl sites for hydroxylation is 1. The third kappa shape index (κ3) is 4.49. The zero-order valence-electron chi connectivity index (χ0n) is 14.4. The number of likely N-dealkylation sites (tertiary alicyclic amines) is 1. The van der Waals surface area contributed by atoms with Crippen LogP contribution in [0.1, 0.15) is 37.7 Å². The van der Waals surface area contributed by atoms with Crippen molar-refractivity contribution in [2.45, 2.75) is 39.0 Å². The van der Waals surface area contributed by atoms with Crippen LogP contribution >= 0.6 is 0 Å².